The first-order chi connectivity index (χ1) is 13.6. The van der Waals surface area contributed by atoms with Gasteiger partial charge in [0, 0.05) is 19.7 Å². The molecule has 1 N–H and O–H groups in total. The summed E-state index contributed by atoms with van der Waals surface area (Å²) in [6.45, 7) is 3.65. The fourth-order valence-electron chi connectivity index (χ4n) is 4.39. The molecule has 0 spiro atoms. The van der Waals surface area contributed by atoms with E-state index >= 15 is 0 Å². The highest BCUT2D eigenvalue weighted by Crippen LogP contribution is 2.33. The van der Waals surface area contributed by atoms with Gasteiger partial charge in [0.2, 0.25) is 0 Å². The van der Waals surface area contributed by atoms with Gasteiger partial charge in [-0.05, 0) is 44.2 Å². The molecule has 148 valence electrons. The van der Waals surface area contributed by atoms with E-state index < -0.39 is 11.9 Å². The van der Waals surface area contributed by atoms with Gasteiger partial charge in [0.15, 0.2) is 0 Å². The van der Waals surface area contributed by atoms with Crippen LogP contribution in [0.4, 0.5) is 0 Å². The van der Waals surface area contributed by atoms with Crippen LogP contribution in [-0.4, -0.2) is 57.5 Å². The van der Waals surface area contributed by atoms with Crippen molar-refractivity contribution in [3.8, 4) is 5.69 Å². The van der Waals surface area contributed by atoms with Crippen molar-refractivity contribution in [3.05, 3.63) is 47.8 Å². The minimum atomic E-state index is -0.773. The number of aliphatic carboxylic acids is 1. The van der Waals surface area contributed by atoms with E-state index in [9.17, 15) is 14.7 Å². The predicted molar refractivity (Wildman–Crippen MR) is 102 cm³/mol. The highest BCUT2D eigenvalue weighted by atomic mass is 16.5. The van der Waals surface area contributed by atoms with Crippen LogP contribution < -0.4 is 0 Å². The van der Waals surface area contributed by atoms with E-state index in [1.165, 1.54) is 0 Å². The maximum atomic E-state index is 13.0. The Morgan fingerprint density at radius 1 is 1.14 bits per heavy atom. The van der Waals surface area contributed by atoms with Gasteiger partial charge in [-0.2, -0.15) is 5.10 Å². The van der Waals surface area contributed by atoms with E-state index in [0.29, 0.717) is 31.7 Å². The summed E-state index contributed by atoms with van der Waals surface area (Å²) in [5.74, 6) is -1.01. The number of hydrogen-bond acceptors (Lipinski definition) is 4. The molecular weight excluding hydrogens is 358 g/mol. The summed E-state index contributed by atoms with van der Waals surface area (Å²) >= 11 is 0. The fraction of sp³-hybridized carbons (Fsp3) is 0.476. The molecule has 0 radical (unpaired) electrons. The Balaban J connectivity index is 1.42. The molecular formula is C21H25N3O4. The van der Waals surface area contributed by atoms with Gasteiger partial charge in [0.1, 0.15) is 0 Å². The molecule has 7 heteroatoms. The lowest BCUT2D eigenvalue weighted by Crippen LogP contribution is -2.43. The van der Waals surface area contributed by atoms with Crippen molar-refractivity contribution in [2.45, 2.75) is 32.3 Å². The van der Waals surface area contributed by atoms with Gasteiger partial charge in [-0.3, -0.25) is 9.59 Å². The van der Waals surface area contributed by atoms with Crippen molar-refractivity contribution >= 4 is 11.9 Å². The zero-order valence-corrected chi connectivity index (χ0v) is 16.0. The van der Waals surface area contributed by atoms with Crippen LogP contribution in [0.5, 0.6) is 0 Å². The van der Waals surface area contributed by atoms with Crippen molar-refractivity contribution in [2.24, 2.45) is 11.8 Å². The number of nitrogens with zero attached hydrogens (tertiary/aromatic N) is 3. The molecule has 2 aliphatic heterocycles. The van der Waals surface area contributed by atoms with E-state index in [2.05, 4.69) is 5.10 Å². The van der Waals surface area contributed by atoms with Crippen molar-refractivity contribution in [1.29, 1.82) is 0 Å². The minimum Gasteiger partial charge on any atom is -0.481 e. The third-order valence-corrected chi connectivity index (χ3v) is 5.99. The van der Waals surface area contributed by atoms with Crippen LogP contribution in [0.25, 0.3) is 5.69 Å². The van der Waals surface area contributed by atoms with Crippen molar-refractivity contribution in [3.63, 3.8) is 0 Å². The standard InChI is InChI=1S/C21H25N3O4/c1-14-18(13-22-24(14)16-5-3-2-4-6-16)20(25)23-10-7-15(8-11-23)19-17(21(26)27)9-12-28-19/h2-6,13,15,17,19H,7-12H2,1H3,(H,26,27)/t17?,19-/m0/s1. The summed E-state index contributed by atoms with van der Waals surface area (Å²) in [6.07, 6.45) is 3.53. The third kappa shape index (κ3) is 3.42. The molecule has 28 heavy (non-hydrogen) atoms. The number of hydrogen-bond donors (Lipinski definition) is 1. The second kappa shape index (κ2) is 7.75. The fourth-order valence-corrected chi connectivity index (χ4v) is 4.39. The van der Waals surface area contributed by atoms with Crippen LogP contribution in [0, 0.1) is 18.8 Å². The van der Waals surface area contributed by atoms with Crippen LogP contribution in [0.1, 0.15) is 35.3 Å². The molecule has 2 atom stereocenters. The SMILES string of the molecule is Cc1c(C(=O)N2CCC([C@@H]3OCCC3C(=O)O)CC2)cnn1-c1ccccc1. The quantitative estimate of drug-likeness (QED) is 0.877. The smallest absolute Gasteiger partial charge is 0.309 e. The van der Waals surface area contributed by atoms with Crippen molar-refractivity contribution < 1.29 is 19.4 Å². The second-order valence-corrected chi connectivity index (χ2v) is 7.59. The van der Waals surface area contributed by atoms with E-state index in [4.69, 9.17) is 4.74 Å². The molecule has 1 unspecified atom stereocenters. The van der Waals surface area contributed by atoms with Gasteiger partial charge in [-0.25, -0.2) is 4.68 Å². The minimum absolute atomic E-state index is 0.0137. The molecule has 1 aromatic heterocycles. The van der Waals surface area contributed by atoms with Crippen LogP contribution in [0.15, 0.2) is 36.5 Å². The molecule has 7 nitrogen and oxygen atoms in total. The van der Waals surface area contributed by atoms with Gasteiger partial charge in [0.25, 0.3) is 5.91 Å². The number of benzene rings is 1. The highest BCUT2D eigenvalue weighted by molar-refractivity contribution is 5.95. The van der Waals surface area contributed by atoms with Gasteiger partial charge in [-0.15, -0.1) is 0 Å². The zero-order valence-electron chi connectivity index (χ0n) is 16.0. The topological polar surface area (TPSA) is 84.7 Å². The summed E-state index contributed by atoms with van der Waals surface area (Å²) in [4.78, 5) is 26.3. The lowest BCUT2D eigenvalue weighted by Gasteiger charge is -2.35. The van der Waals surface area contributed by atoms with E-state index in [-0.39, 0.29) is 17.9 Å². The lowest BCUT2D eigenvalue weighted by atomic mass is 9.84. The van der Waals surface area contributed by atoms with Gasteiger partial charge in [-0.1, -0.05) is 18.2 Å². The maximum Gasteiger partial charge on any atom is 0.309 e. The average Bonchev–Trinajstić information content (AvgIpc) is 3.35. The summed E-state index contributed by atoms with van der Waals surface area (Å²) in [6, 6.07) is 9.75. The molecule has 4 rings (SSSR count). The van der Waals surface area contributed by atoms with Crippen LogP contribution >= 0.6 is 0 Å². The Hall–Kier alpha value is -2.67. The summed E-state index contributed by atoms with van der Waals surface area (Å²) < 4.78 is 7.50. The predicted octanol–water partition coefficient (Wildman–Crippen LogP) is 2.52. The summed E-state index contributed by atoms with van der Waals surface area (Å²) in [5.41, 5.74) is 2.36. The van der Waals surface area contributed by atoms with E-state index in [1.54, 1.807) is 10.9 Å². The monoisotopic (exact) mass is 383 g/mol. The van der Waals surface area contributed by atoms with E-state index in [0.717, 1.165) is 24.2 Å². The molecule has 2 aliphatic rings. The molecule has 0 bridgehead atoms. The summed E-state index contributed by atoms with van der Waals surface area (Å²) in [5, 5.41) is 13.8. The molecule has 2 fully saturated rings. The van der Waals surface area contributed by atoms with Gasteiger partial charge in [0.05, 0.1) is 35.2 Å². The zero-order chi connectivity index (χ0) is 19.7. The molecule has 2 saturated heterocycles. The number of rotatable bonds is 4. The van der Waals surface area contributed by atoms with Gasteiger partial charge < -0.3 is 14.7 Å². The number of carboxylic acids is 1. The normalized spacial score (nSPS) is 23.1. The number of ether oxygens (including phenoxy) is 1. The number of carboxylic acid groups (broad SMARTS) is 1. The van der Waals surface area contributed by atoms with Crippen LogP contribution in [0.2, 0.25) is 0 Å². The van der Waals surface area contributed by atoms with Crippen molar-refractivity contribution in [2.75, 3.05) is 19.7 Å². The first kappa shape index (κ1) is 18.7. The number of para-hydroxylation sites is 1. The molecule has 3 heterocycles. The lowest BCUT2D eigenvalue weighted by molar-refractivity contribution is -0.145. The second-order valence-electron chi connectivity index (χ2n) is 7.59. The summed E-state index contributed by atoms with van der Waals surface area (Å²) in [7, 11) is 0. The number of amides is 1. The molecule has 2 aromatic rings. The first-order valence-corrected chi connectivity index (χ1v) is 9.80. The molecule has 1 aromatic carbocycles. The largest absolute Gasteiger partial charge is 0.481 e. The maximum absolute atomic E-state index is 13.0. The highest BCUT2D eigenvalue weighted by Gasteiger charge is 2.41. The molecule has 1 amide bonds. The number of carbonyl (C=O) groups is 2. The number of piperidine rings is 1. The first-order valence-electron chi connectivity index (χ1n) is 9.80. The van der Waals surface area contributed by atoms with E-state index in [1.807, 2.05) is 42.2 Å². The van der Waals surface area contributed by atoms with Gasteiger partial charge >= 0.3 is 5.97 Å². The van der Waals surface area contributed by atoms with Crippen LogP contribution in [0.3, 0.4) is 0 Å². The number of carbonyl (C=O) groups excluding carboxylic acids is 1. The molecule has 0 aliphatic carbocycles. The Labute approximate surface area is 163 Å². The number of aromatic nitrogens is 2. The van der Waals surface area contributed by atoms with Crippen LogP contribution in [-0.2, 0) is 9.53 Å². The Bertz CT molecular complexity index is 856. The number of likely N-dealkylation sites (tertiary alicyclic amines) is 1. The average molecular weight is 383 g/mol. The Kier molecular flexibility index (Phi) is 5.17. The Morgan fingerprint density at radius 3 is 2.54 bits per heavy atom. The molecule has 0 saturated carbocycles. The Morgan fingerprint density at radius 2 is 1.86 bits per heavy atom. The van der Waals surface area contributed by atoms with Crippen molar-refractivity contribution in [1.82, 2.24) is 14.7 Å². The third-order valence-electron chi connectivity index (χ3n) is 5.99.